The average molecular weight is 1160 g/mol. The number of ketones is 1. The van der Waals surface area contributed by atoms with Gasteiger partial charge in [0.05, 0.1) is 36.0 Å². The van der Waals surface area contributed by atoms with Crippen molar-refractivity contribution in [3.05, 3.63) is 69.4 Å². The topological polar surface area (TPSA) is 246 Å². The van der Waals surface area contributed by atoms with Gasteiger partial charge < -0.3 is 53.4 Å². The Morgan fingerprint density at radius 3 is 2.00 bits per heavy atom. The van der Waals surface area contributed by atoms with Crippen LogP contribution >= 0.6 is 80.9 Å². The lowest BCUT2D eigenvalue weighted by Crippen LogP contribution is -2.82. The summed E-state index contributed by atoms with van der Waals surface area (Å²) in [5.74, 6) is -6.74. The minimum Gasteiger partial charge on any atom is -0.456 e. The number of aliphatic hydroxyl groups is 2. The van der Waals surface area contributed by atoms with E-state index in [9.17, 15) is 39.0 Å². The Balaban J connectivity index is 1.59. The first-order valence-corrected chi connectivity index (χ1v) is 25.9. The third-order valence-corrected chi connectivity index (χ3v) is 15.5. The van der Waals surface area contributed by atoms with Gasteiger partial charge in [0.25, 0.3) is 0 Å². The van der Waals surface area contributed by atoms with Crippen LogP contribution in [0.15, 0.2) is 59.0 Å². The van der Waals surface area contributed by atoms with Crippen molar-refractivity contribution in [2.45, 2.75) is 136 Å². The summed E-state index contributed by atoms with van der Waals surface area (Å²) in [6, 6.07) is 9.78. The highest BCUT2D eigenvalue weighted by Gasteiger charge is 2.79. The fourth-order valence-electron chi connectivity index (χ4n) is 10.5. The van der Waals surface area contributed by atoms with Gasteiger partial charge in [-0.3, -0.25) is 14.4 Å². The lowest BCUT2D eigenvalue weighted by molar-refractivity contribution is -0.346. The van der Waals surface area contributed by atoms with Gasteiger partial charge in [-0.25, -0.2) is 19.2 Å². The van der Waals surface area contributed by atoms with Crippen LogP contribution in [0, 0.1) is 22.2 Å². The number of aliphatic hydroxyl groups excluding tert-OH is 1. The first-order valence-electron chi connectivity index (χ1n) is 22.7. The Morgan fingerprint density at radius 2 is 1.48 bits per heavy atom. The molecule has 25 heteroatoms. The molecule has 2 saturated carbocycles. The number of nitrogens with one attached hydrogen (secondary N) is 1. The second-order valence-electron chi connectivity index (χ2n) is 20.2. The van der Waals surface area contributed by atoms with E-state index in [1.165, 1.54) is 63.3 Å². The van der Waals surface area contributed by atoms with E-state index < -0.39 is 158 Å². The van der Waals surface area contributed by atoms with E-state index in [-0.39, 0.29) is 23.1 Å². The van der Waals surface area contributed by atoms with Gasteiger partial charge in [0, 0.05) is 30.1 Å². The number of alkyl halides is 6. The number of halogens is 6. The van der Waals surface area contributed by atoms with E-state index in [0.717, 1.165) is 6.92 Å². The Morgan fingerprint density at radius 1 is 0.877 bits per heavy atom. The predicted octanol–water partition coefficient (Wildman–Crippen LogP) is 7.89. The minimum atomic E-state index is -2.62. The van der Waals surface area contributed by atoms with Crippen LogP contribution in [-0.2, 0) is 63.5 Å². The molecule has 1 aromatic heterocycles. The van der Waals surface area contributed by atoms with Crippen molar-refractivity contribution in [3.63, 3.8) is 0 Å². The molecule has 18 nitrogen and oxygen atoms in total. The van der Waals surface area contributed by atoms with Gasteiger partial charge in [0.2, 0.25) is 13.5 Å². The van der Waals surface area contributed by atoms with Crippen LogP contribution in [0.5, 0.6) is 0 Å². The van der Waals surface area contributed by atoms with Gasteiger partial charge in [-0.15, -0.1) is 11.3 Å². The van der Waals surface area contributed by atoms with Crippen molar-refractivity contribution in [1.29, 1.82) is 0 Å². The molecule has 11 atom stereocenters. The number of thiophene rings is 1. The van der Waals surface area contributed by atoms with Gasteiger partial charge in [-0.2, -0.15) is 0 Å². The Labute approximate surface area is 454 Å². The van der Waals surface area contributed by atoms with Crippen LogP contribution in [0.1, 0.15) is 83.5 Å². The number of hydrogen-bond donors (Lipinski definition) is 3. The summed E-state index contributed by atoms with van der Waals surface area (Å²) in [6.07, 6.45) is -15.3. The highest BCUT2D eigenvalue weighted by molar-refractivity contribution is 7.10. The molecule has 3 N–H and O–H groups in total. The Hall–Kier alpha value is -3.63. The van der Waals surface area contributed by atoms with Crippen molar-refractivity contribution < 1.29 is 81.7 Å². The number of benzene rings is 1. The quantitative estimate of drug-likeness (QED) is 0.0747. The van der Waals surface area contributed by atoms with E-state index in [1.54, 1.807) is 44.4 Å². The molecule has 3 aliphatic carbocycles. The van der Waals surface area contributed by atoms with E-state index in [2.05, 4.69) is 5.32 Å². The number of carbonyl (C=O) groups is 7. The molecule has 402 valence electrons. The molecular weight excluding hydrogens is 1110 g/mol. The lowest BCUT2D eigenvalue weighted by Gasteiger charge is -2.67. The summed E-state index contributed by atoms with van der Waals surface area (Å²) in [5, 5.41) is 30.4. The molecule has 1 aliphatic heterocycles. The summed E-state index contributed by atoms with van der Waals surface area (Å²) >= 11 is 36.7. The molecule has 73 heavy (non-hydrogen) atoms. The first-order chi connectivity index (χ1) is 33.7. The highest BCUT2D eigenvalue weighted by atomic mass is 35.6. The highest BCUT2D eigenvalue weighted by Crippen LogP contribution is 2.65. The smallest absolute Gasteiger partial charge is 0.456 e. The molecule has 2 bridgehead atoms. The molecule has 0 spiro atoms. The summed E-state index contributed by atoms with van der Waals surface area (Å²) in [4.78, 5) is 100. The number of carbonyl (C=O) groups excluding carboxylic acids is 7. The number of amides is 1. The van der Waals surface area contributed by atoms with Crippen LogP contribution in [0.4, 0.5) is 9.59 Å². The van der Waals surface area contributed by atoms with E-state index in [1.807, 2.05) is 0 Å². The summed E-state index contributed by atoms with van der Waals surface area (Å²) in [6.45, 7) is 9.43. The van der Waals surface area contributed by atoms with Crippen molar-refractivity contribution in [2.75, 3.05) is 19.8 Å². The van der Waals surface area contributed by atoms with Crippen LogP contribution in [0.25, 0.3) is 0 Å². The largest absolute Gasteiger partial charge is 0.509 e. The molecule has 2 heterocycles. The molecule has 1 saturated heterocycles. The molecule has 2 aromatic rings. The zero-order valence-electron chi connectivity index (χ0n) is 40.7. The van der Waals surface area contributed by atoms with Gasteiger partial charge in [0.15, 0.2) is 23.6 Å². The van der Waals surface area contributed by atoms with Gasteiger partial charge >= 0.3 is 30.2 Å². The summed E-state index contributed by atoms with van der Waals surface area (Å²) in [7, 11) is 0. The monoisotopic (exact) mass is 1160 g/mol. The number of fused-ring (bicyclic) bond motifs is 5. The minimum absolute atomic E-state index is 0.0121. The van der Waals surface area contributed by atoms with Crippen molar-refractivity contribution in [1.82, 2.24) is 5.32 Å². The van der Waals surface area contributed by atoms with Crippen LogP contribution in [0.3, 0.4) is 0 Å². The second kappa shape index (κ2) is 21.8. The predicted molar refractivity (Wildman–Crippen MR) is 265 cm³/mol. The van der Waals surface area contributed by atoms with Gasteiger partial charge in [0.1, 0.15) is 43.2 Å². The standard InChI is InChI=1S/C48H55Cl6NO17S/c1-23-27(68-39(61)32(58)35(42(3,4)5)55-30(57)17-26-15-12-16-73-26)19-46(64)37(71-38(60)25-13-10-9-11-14-25)34-44(8,36(59)33(31(23)43(46,6)7)70-41(63)67-22-48(52,53)54)28(69-40(62)66-21-47(49,50)51)18-29-45(34,20-65-29)72-24(2)56/h9-16,27-29,32-35,37,58,64H,17-22H2,1-8H3,(H,55,57)/t27-,28-,29+,32+,33+,34-,35+,37-,44+,45-,46+/m0/s1. The number of esters is 3. The van der Waals surface area contributed by atoms with Crippen LogP contribution in [-0.4, -0.2) is 133 Å². The van der Waals surface area contributed by atoms with E-state index >= 15 is 4.79 Å². The van der Waals surface area contributed by atoms with Crippen molar-refractivity contribution in [2.24, 2.45) is 22.2 Å². The maximum absolute atomic E-state index is 16.3. The number of Topliss-reactive ketones (excluding diaryl/α,β-unsaturated/α-hetero) is 1. The molecular formula is C48H55Cl6NO17S. The maximum Gasteiger partial charge on any atom is 0.509 e. The molecule has 1 aromatic carbocycles. The number of rotatable bonds is 13. The number of ether oxygens (including phenoxy) is 8. The third kappa shape index (κ3) is 12.3. The molecule has 1 amide bonds. The third-order valence-electron chi connectivity index (χ3n) is 14.0. The molecule has 6 rings (SSSR count). The maximum atomic E-state index is 16.3. The van der Waals surface area contributed by atoms with Crippen molar-refractivity contribution in [3.8, 4) is 0 Å². The fraction of sp³-hybridized carbons (Fsp3) is 0.604. The SMILES string of the molecule is CC(=O)O[C@@]12CO[C@@H]1C[C@H](OC(=O)OCC(Cl)(Cl)Cl)[C@@]1(C)C(=O)[C@H](OC(=O)OCC(Cl)(Cl)Cl)C3=C(C)[C@@H](OC(=O)[C@H](O)[C@@H](NC(=O)Cc4cccs4)C(C)(C)C)C[C@@](O)([C@@H](OC(=O)c4ccccc4)[C@H]21)C3(C)C. The van der Waals surface area contributed by atoms with Gasteiger partial charge in [-0.05, 0) is 54.0 Å². The fourth-order valence-corrected chi connectivity index (χ4v) is 11.5. The molecule has 3 fully saturated rings. The van der Waals surface area contributed by atoms with Gasteiger partial charge in [-0.1, -0.05) is 128 Å². The lowest BCUT2D eigenvalue weighted by atomic mass is 9.44. The number of hydrogen-bond acceptors (Lipinski definition) is 18. The zero-order chi connectivity index (χ0) is 54.4. The first kappa shape index (κ1) is 58.6. The average Bonchev–Trinajstić information content (AvgIpc) is 3.79. The normalized spacial score (nSPS) is 29.5. The summed E-state index contributed by atoms with van der Waals surface area (Å²) < 4.78 is 42.5. The molecule has 4 aliphatic rings. The second-order valence-corrected chi connectivity index (χ2v) is 26.3. The van der Waals surface area contributed by atoms with Crippen LogP contribution < -0.4 is 5.32 Å². The molecule has 0 unspecified atom stereocenters. The zero-order valence-corrected chi connectivity index (χ0v) is 46.0. The Kier molecular flexibility index (Phi) is 17.5. The van der Waals surface area contributed by atoms with E-state index in [0.29, 0.717) is 4.88 Å². The van der Waals surface area contributed by atoms with E-state index in [4.69, 9.17) is 108 Å². The summed E-state index contributed by atoms with van der Waals surface area (Å²) in [5.41, 5.74) is -10.2. The van der Waals surface area contributed by atoms with Crippen molar-refractivity contribution >= 4 is 123 Å². The van der Waals surface area contributed by atoms with Crippen LogP contribution in [0.2, 0.25) is 0 Å². The Bertz CT molecular complexity index is 2480. The molecule has 0 radical (unpaired) electrons.